The topological polar surface area (TPSA) is 140 Å². The van der Waals surface area contributed by atoms with E-state index in [4.69, 9.17) is 30.5 Å². The Balaban J connectivity index is 1.37. The molecule has 0 aliphatic heterocycles. The van der Waals surface area contributed by atoms with Gasteiger partial charge in [0.25, 0.3) is 0 Å². The third-order valence-electron chi connectivity index (χ3n) is 8.37. The standard InChI is InChI=1S/C41H33ClN4O7S/c1-5-9-34-35(29-14-13-26(21-48)37(42)24(29)3)36-39(44-23-45-40(36)54-34)53-33(41(49)51-6-2)19-27-18-25(20-47)12-15-31(27)52-22-28-16-17-43-38(46-28)30-10-7-8-11-32(30)50-4/h7-8,10-18,20-21,23,33H,6,19,22H2,1-4H3. The number of hydrogen-bond donors (Lipinski definition) is 0. The number of nitrogens with zero attached hydrogens (tertiary/aromatic N) is 4. The zero-order chi connectivity index (χ0) is 38.2. The summed E-state index contributed by atoms with van der Waals surface area (Å²) in [6.07, 6.45) is 3.13. The van der Waals surface area contributed by atoms with Gasteiger partial charge in [0, 0.05) is 29.3 Å². The van der Waals surface area contributed by atoms with Crippen LogP contribution in [0.25, 0.3) is 32.7 Å². The molecule has 0 radical (unpaired) electrons. The average molecular weight is 761 g/mol. The van der Waals surface area contributed by atoms with E-state index in [0.29, 0.717) is 89.1 Å². The molecule has 1 atom stereocenters. The highest BCUT2D eigenvalue weighted by atomic mass is 35.5. The van der Waals surface area contributed by atoms with E-state index in [1.54, 1.807) is 63.6 Å². The number of ether oxygens (including phenoxy) is 4. The predicted octanol–water partition coefficient (Wildman–Crippen LogP) is 7.91. The minimum absolute atomic E-state index is 0.0441. The van der Waals surface area contributed by atoms with E-state index in [-0.39, 0.29) is 25.5 Å². The van der Waals surface area contributed by atoms with E-state index >= 15 is 0 Å². The zero-order valence-electron chi connectivity index (χ0n) is 29.7. The van der Waals surface area contributed by atoms with Crippen LogP contribution in [0.15, 0.2) is 73.2 Å². The lowest BCUT2D eigenvalue weighted by Crippen LogP contribution is -2.32. The molecule has 3 heterocycles. The van der Waals surface area contributed by atoms with E-state index < -0.39 is 12.1 Å². The first-order chi connectivity index (χ1) is 26.3. The summed E-state index contributed by atoms with van der Waals surface area (Å²) in [5.41, 5.74) is 4.57. The molecular formula is C41H33ClN4O7S. The van der Waals surface area contributed by atoms with Gasteiger partial charge in [-0.25, -0.2) is 24.7 Å². The van der Waals surface area contributed by atoms with Gasteiger partial charge in [0.15, 0.2) is 12.1 Å². The number of para-hydroxylation sites is 1. The number of aldehydes is 2. The Bertz CT molecular complexity index is 2440. The molecule has 0 aliphatic rings. The number of methoxy groups -OCH3 is 1. The minimum Gasteiger partial charge on any atom is -0.496 e. The zero-order valence-corrected chi connectivity index (χ0v) is 31.3. The number of thiophene rings is 1. The number of esters is 1. The first-order valence-electron chi connectivity index (χ1n) is 16.7. The van der Waals surface area contributed by atoms with Crippen molar-refractivity contribution >= 4 is 51.7 Å². The van der Waals surface area contributed by atoms with Gasteiger partial charge >= 0.3 is 5.97 Å². The minimum atomic E-state index is -1.22. The molecule has 0 bridgehead atoms. The maximum Gasteiger partial charge on any atom is 0.347 e. The normalized spacial score (nSPS) is 11.3. The number of fused-ring (bicyclic) bond motifs is 1. The van der Waals surface area contributed by atoms with Crippen LogP contribution in [0.4, 0.5) is 0 Å². The second-order valence-corrected chi connectivity index (χ2v) is 13.1. The van der Waals surface area contributed by atoms with Crippen molar-refractivity contribution in [2.45, 2.75) is 39.9 Å². The fourth-order valence-electron chi connectivity index (χ4n) is 5.83. The van der Waals surface area contributed by atoms with Crippen molar-refractivity contribution in [3.63, 3.8) is 0 Å². The predicted molar refractivity (Wildman–Crippen MR) is 205 cm³/mol. The molecule has 0 saturated carbocycles. The lowest BCUT2D eigenvalue weighted by molar-refractivity contribution is -0.151. The summed E-state index contributed by atoms with van der Waals surface area (Å²) in [5, 5.41) is 0.821. The quantitative estimate of drug-likeness (QED) is 0.0608. The summed E-state index contributed by atoms with van der Waals surface area (Å²) in [7, 11) is 1.58. The molecule has 3 aromatic heterocycles. The van der Waals surface area contributed by atoms with Crippen LogP contribution in [0.1, 0.15) is 56.3 Å². The molecule has 6 aromatic rings. The van der Waals surface area contributed by atoms with Crippen LogP contribution < -0.4 is 14.2 Å². The second-order valence-electron chi connectivity index (χ2n) is 11.7. The molecule has 0 spiro atoms. The fourth-order valence-corrected chi connectivity index (χ4v) is 7.09. The number of rotatable bonds is 14. The first kappa shape index (κ1) is 37.6. The van der Waals surface area contributed by atoms with Crippen molar-refractivity contribution in [3.8, 4) is 51.7 Å². The van der Waals surface area contributed by atoms with Crippen LogP contribution in [0.3, 0.4) is 0 Å². The summed E-state index contributed by atoms with van der Waals surface area (Å²) >= 11 is 7.94. The van der Waals surface area contributed by atoms with Gasteiger partial charge in [-0.2, -0.15) is 0 Å². The number of halogens is 1. The lowest BCUT2D eigenvalue weighted by atomic mass is 9.96. The molecule has 11 nitrogen and oxygen atoms in total. The first-order valence-corrected chi connectivity index (χ1v) is 17.9. The Hall–Kier alpha value is -6.16. The van der Waals surface area contributed by atoms with E-state index in [2.05, 4.69) is 31.8 Å². The monoisotopic (exact) mass is 760 g/mol. The largest absolute Gasteiger partial charge is 0.496 e. The third kappa shape index (κ3) is 7.93. The van der Waals surface area contributed by atoms with Gasteiger partial charge < -0.3 is 18.9 Å². The molecule has 13 heteroatoms. The number of carbonyl (C=O) groups is 3. The van der Waals surface area contributed by atoms with Crippen LogP contribution in [0, 0.1) is 18.8 Å². The van der Waals surface area contributed by atoms with Crippen molar-refractivity contribution in [3.05, 3.63) is 111 Å². The lowest BCUT2D eigenvalue weighted by Gasteiger charge is -2.20. The Morgan fingerprint density at radius 1 is 1.00 bits per heavy atom. The molecule has 272 valence electrons. The van der Waals surface area contributed by atoms with Crippen LogP contribution in [0.5, 0.6) is 17.4 Å². The van der Waals surface area contributed by atoms with Crippen LogP contribution in [-0.4, -0.2) is 58.3 Å². The summed E-state index contributed by atoms with van der Waals surface area (Å²) in [4.78, 5) is 56.4. The van der Waals surface area contributed by atoms with Gasteiger partial charge in [0.05, 0.1) is 40.3 Å². The van der Waals surface area contributed by atoms with Crippen molar-refractivity contribution in [2.75, 3.05) is 13.7 Å². The van der Waals surface area contributed by atoms with Crippen molar-refractivity contribution in [2.24, 2.45) is 0 Å². The summed E-state index contributed by atoms with van der Waals surface area (Å²) in [5.74, 6) is 7.06. The fraction of sp³-hybridized carbons (Fsp3) is 0.195. The van der Waals surface area contributed by atoms with Gasteiger partial charge in [-0.3, -0.25) is 9.59 Å². The molecule has 1 unspecified atom stereocenters. The smallest absolute Gasteiger partial charge is 0.347 e. The van der Waals surface area contributed by atoms with Crippen LogP contribution in [0.2, 0.25) is 5.02 Å². The number of aromatic nitrogens is 4. The number of carbonyl (C=O) groups excluding carboxylic acids is 3. The molecule has 0 aliphatic carbocycles. The van der Waals surface area contributed by atoms with Gasteiger partial charge in [-0.05, 0) is 79.9 Å². The highest BCUT2D eigenvalue weighted by molar-refractivity contribution is 7.19. The molecule has 0 saturated heterocycles. The molecule has 6 rings (SSSR count). The van der Waals surface area contributed by atoms with Crippen LogP contribution >= 0.6 is 22.9 Å². The second kappa shape index (κ2) is 17.1. The Morgan fingerprint density at radius 2 is 1.83 bits per heavy atom. The molecular weight excluding hydrogens is 728 g/mol. The average Bonchev–Trinajstić information content (AvgIpc) is 3.56. The van der Waals surface area contributed by atoms with Crippen molar-refractivity contribution in [1.82, 2.24) is 19.9 Å². The number of hydrogen-bond acceptors (Lipinski definition) is 12. The van der Waals surface area contributed by atoms with E-state index in [0.717, 1.165) is 5.56 Å². The highest BCUT2D eigenvalue weighted by Crippen LogP contribution is 2.44. The molecule has 0 amide bonds. The third-order valence-corrected chi connectivity index (χ3v) is 9.89. The van der Waals surface area contributed by atoms with Crippen molar-refractivity contribution in [1.29, 1.82) is 0 Å². The van der Waals surface area contributed by atoms with Crippen LogP contribution in [-0.2, 0) is 22.6 Å². The Morgan fingerprint density at radius 3 is 2.59 bits per heavy atom. The van der Waals surface area contributed by atoms with Gasteiger partial charge in [-0.15, -0.1) is 17.3 Å². The SMILES string of the molecule is CC#Cc1sc2ncnc(OC(Cc3cc(C=O)ccc3OCc3ccnc(-c4ccccc4OC)n3)C(=O)OCC)c2c1-c1ccc(C=O)c(Cl)c1C. The number of benzene rings is 3. The summed E-state index contributed by atoms with van der Waals surface area (Å²) < 4.78 is 23.7. The van der Waals surface area contributed by atoms with E-state index in [1.165, 1.54) is 17.7 Å². The molecule has 54 heavy (non-hydrogen) atoms. The molecule has 0 fully saturated rings. The molecule has 0 N–H and O–H groups in total. The van der Waals surface area contributed by atoms with Gasteiger partial charge in [0.2, 0.25) is 12.0 Å². The molecule has 3 aromatic carbocycles. The Labute approximate surface area is 320 Å². The maximum absolute atomic E-state index is 13.6. The van der Waals surface area contributed by atoms with Crippen molar-refractivity contribution < 1.29 is 33.3 Å². The van der Waals surface area contributed by atoms with Gasteiger partial charge in [-0.1, -0.05) is 35.7 Å². The Kier molecular flexibility index (Phi) is 11.9. The maximum atomic E-state index is 13.6. The summed E-state index contributed by atoms with van der Waals surface area (Å²) in [6, 6.07) is 17.5. The highest BCUT2D eigenvalue weighted by Gasteiger charge is 2.29. The van der Waals surface area contributed by atoms with E-state index in [1.807, 2.05) is 31.2 Å². The van der Waals surface area contributed by atoms with Gasteiger partial charge in [0.1, 0.15) is 35.5 Å². The van der Waals surface area contributed by atoms with E-state index in [9.17, 15) is 14.4 Å². The summed E-state index contributed by atoms with van der Waals surface area (Å²) in [6.45, 7) is 5.38.